The molecule has 78 valence electrons. The first kappa shape index (κ1) is 11.3. The van der Waals surface area contributed by atoms with E-state index in [0.29, 0.717) is 11.0 Å². The van der Waals surface area contributed by atoms with Gasteiger partial charge in [-0.05, 0) is 26.0 Å². The molecule has 0 radical (unpaired) electrons. The lowest BCUT2D eigenvalue weighted by atomic mass is 9.95. The molecule has 3 nitrogen and oxygen atoms in total. The van der Waals surface area contributed by atoms with E-state index in [1.165, 1.54) is 11.9 Å². The van der Waals surface area contributed by atoms with Crippen molar-refractivity contribution in [3.8, 4) is 0 Å². The van der Waals surface area contributed by atoms with E-state index in [9.17, 15) is 0 Å². The van der Waals surface area contributed by atoms with E-state index >= 15 is 0 Å². The van der Waals surface area contributed by atoms with Crippen molar-refractivity contribution in [2.75, 3.05) is 7.11 Å². The summed E-state index contributed by atoms with van der Waals surface area (Å²) in [6.07, 6.45) is 2.84. The van der Waals surface area contributed by atoms with Crippen LogP contribution in [0, 0.1) is 0 Å². The number of nitrogens with two attached hydrogens (primary N) is 1. The van der Waals surface area contributed by atoms with Gasteiger partial charge in [-0.15, -0.1) is 0 Å². The molecule has 0 saturated carbocycles. The Morgan fingerprint density at radius 3 is 2.93 bits per heavy atom. The van der Waals surface area contributed by atoms with Crippen LogP contribution in [0.15, 0.2) is 28.6 Å². The fraction of sp³-hybridized carbons (Fsp3) is 0.500. The van der Waals surface area contributed by atoms with Gasteiger partial charge in [0.25, 0.3) is 0 Å². The molecule has 1 aliphatic carbocycles. The Bertz CT molecular complexity index is 273. The number of hydrogen-bond donors (Lipinski definition) is 1. The molecule has 1 unspecified atom stereocenters. The summed E-state index contributed by atoms with van der Waals surface area (Å²) in [6, 6.07) is 0. The van der Waals surface area contributed by atoms with Crippen LogP contribution in [0.1, 0.15) is 19.3 Å². The van der Waals surface area contributed by atoms with Crippen molar-refractivity contribution in [1.29, 1.82) is 0 Å². The smallest absolute Gasteiger partial charge is 0.116 e. The minimum atomic E-state index is 0.447. The van der Waals surface area contributed by atoms with Gasteiger partial charge in [-0.25, -0.2) is 0 Å². The molecule has 2 N–H and O–H groups in total. The zero-order valence-electron chi connectivity index (χ0n) is 8.45. The molecule has 0 bridgehead atoms. The van der Waals surface area contributed by atoms with Gasteiger partial charge in [0, 0.05) is 16.5 Å². The van der Waals surface area contributed by atoms with Crippen LogP contribution in [0.25, 0.3) is 0 Å². The van der Waals surface area contributed by atoms with Crippen molar-refractivity contribution in [1.82, 2.24) is 0 Å². The monoisotopic (exact) mass is 212 g/mol. The van der Waals surface area contributed by atoms with Crippen molar-refractivity contribution in [3.05, 3.63) is 23.6 Å². The number of nitrogens with zero attached hydrogens (tertiary/aromatic N) is 1. The Kier molecular flexibility index (Phi) is 4.22. The van der Waals surface area contributed by atoms with Crippen LogP contribution in [-0.2, 0) is 4.74 Å². The van der Waals surface area contributed by atoms with E-state index in [-0.39, 0.29) is 0 Å². The molecule has 0 saturated heterocycles. The lowest BCUT2D eigenvalue weighted by Crippen LogP contribution is -2.15. The Morgan fingerprint density at radius 2 is 2.43 bits per heavy atom. The molecule has 1 aliphatic rings. The van der Waals surface area contributed by atoms with Gasteiger partial charge in [-0.3, -0.25) is 10.1 Å². The first-order valence-corrected chi connectivity index (χ1v) is 5.44. The fourth-order valence-corrected chi connectivity index (χ4v) is 2.10. The molecule has 0 spiro atoms. The number of methoxy groups -OCH3 is 1. The summed E-state index contributed by atoms with van der Waals surface area (Å²) in [5.74, 6) is 0.686. The number of hydrogen-bond acceptors (Lipinski definition) is 4. The highest BCUT2D eigenvalue weighted by Gasteiger charge is 2.22. The van der Waals surface area contributed by atoms with Crippen LogP contribution >= 0.6 is 11.9 Å². The van der Waals surface area contributed by atoms with E-state index in [4.69, 9.17) is 9.88 Å². The van der Waals surface area contributed by atoms with Gasteiger partial charge in [0.2, 0.25) is 0 Å². The quantitative estimate of drug-likeness (QED) is 0.442. The van der Waals surface area contributed by atoms with Crippen molar-refractivity contribution in [2.45, 2.75) is 24.5 Å². The maximum absolute atomic E-state index is 5.57. The predicted octanol–water partition coefficient (Wildman–Crippen LogP) is 2.26. The first-order chi connectivity index (χ1) is 6.72. The second-order valence-electron chi connectivity index (χ2n) is 3.21. The first-order valence-electron chi connectivity index (χ1n) is 4.50. The van der Waals surface area contributed by atoms with Gasteiger partial charge in [0.05, 0.1) is 7.11 Å². The van der Waals surface area contributed by atoms with Crippen molar-refractivity contribution in [2.24, 2.45) is 10.1 Å². The zero-order valence-corrected chi connectivity index (χ0v) is 9.27. The lowest BCUT2D eigenvalue weighted by molar-refractivity contribution is 0.297. The summed E-state index contributed by atoms with van der Waals surface area (Å²) in [5, 5.41) is 6.02. The molecular weight excluding hydrogens is 196 g/mol. The Labute approximate surface area is 89.2 Å². The van der Waals surface area contributed by atoms with Crippen LogP contribution in [0.5, 0.6) is 0 Å². The third-order valence-corrected chi connectivity index (χ3v) is 3.24. The lowest BCUT2D eigenvalue weighted by Gasteiger charge is -2.24. The standard InChI is InChI=1S/C10H16N2OS/c1-7(13-3)9-6-8(14-11)4-5-10(9)12-2/h8H,1-2,4-6,11H2,3H3. The van der Waals surface area contributed by atoms with Crippen LogP contribution in [-0.4, -0.2) is 19.1 Å². The van der Waals surface area contributed by atoms with Crippen LogP contribution in [0.2, 0.25) is 0 Å². The topological polar surface area (TPSA) is 47.6 Å². The average Bonchev–Trinajstić information content (AvgIpc) is 2.27. The highest BCUT2D eigenvalue weighted by atomic mass is 32.2. The molecule has 0 amide bonds. The predicted molar refractivity (Wildman–Crippen MR) is 62.1 cm³/mol. The maximum atomic E-state index is 5.57. The van der Waals surface area contributed by atoms with E-state index in [1.54, 1.807) is 7.11 Å². The molecule has 0 aromatic heterocycles. The molecule has 0 aromatic carbocycles. The second kappa shape index (κ2) is 5.22. The Hall–Kier alpha value is -0.740. The summed E-state index contributed by atoms with van der Waals surface area (Å²) in [4.78, 5) is 4.01. The Balaban J connectivity index is 2.86. The number of rotatable bonds is 4. The Morgan fingerprint density at radius 1 is 1.71 bits per heavy atom. The molecule has 0 aliphatic heterocycles. The largest absolute Gasteiger partial charge is 0.497 e. The SMILES string of the molecule is C=NC1=C(C(=C)OC)CC(SN)CC1. The van der Waals surface area contributed by atoms with Crippen molar-refractivity contribution in [3.63, 3.8) is 0 Å². The molecule has 14 heavy (non-hydrogen) atoms. The van der Waals surface area contributed by atoms with Gasteiger partial charge in [-0.1, -0.05) is 18.5 Å². The normalized spacial score (nSPS) is 22.0. The second-order valence-corrected chi connectivity index (χ2v) is 4.15. The van der Waals surface area contributed by atoms with Gasteiger partial charge in [0.15, 0.2) is 0 Å². The number of aliphatic imine (C=N–C) groups is 1. The minimum absolute atomic E-state index is 0.447. The molecule has 1 rings (SSSR count). The third kappa shape index (κ3) is 2.39. The molecule has 0 aromatic rings. The van der Waals surface area contributed by atoms with Gasteiger partial charge >= 0.3 is 0 Å². The average molecular weight is 212 g/mol. The summed E-state index contributed by atoms with van der Waals surface area (Å²) in [6.45, 7) is 7.41. The van der Waals surface area contributed by atoms with Crippen LogP contribution in [0.4, 0.5) is 0 Å². The van der Waals surface area contributed by atoms with Gasteiger partial charge < -0.3 is 4.74 Å². The van der Waals surface area contributed by atoms with E-state index in [1.807, 2.05) is 0 Å². The molecule has 0 fully saturated rings. The summed E-state index contributed by atoms with van der Waals surface area (Å²) >= 11 is 1.40. The van der Waals surface area contributed by atoms with Crippen molar-refractivity contribution < 1.29 is 4.74 Å². The van der Waals surface area contributed by atoms with Gasteiger partial charge in [0.1, 0.15) is 5.76 Å². The van der Waals surface area contributed by atoms with Crippen molar-refractivity contribution >= 4 is 18.7 Å². The van der Waals surface area contributed by atoms with E-state index < -0.39 is 0 Å². The number of allylic oxidation sites excluding steroid dienone is 2. The maximum Gasteiger partial charge on any atom is 0.116 e. The molecule has 1 atom stereocenters. The summed E-state index contributed by atoms with van der Waals surface area (Å²) < 4.78 is 5.12. The number of ether oxygens (including phenoxy) is 1. The van der Waals surface area contributed by atoms with Gasteiger partial charge in [-0.2, -0.15) is 0 Å². The summed E-state index contributed by atoms with van der Waals surface area (Å²) in [7, 11) is 1.62. The van der Waals surface area contributed by atoms with Crippen LogP contribution in [0.3, 0.4) is 0 Å². The van der Waals surface area contributed by atoms with E-state index in [0.717, 1.165) is 30.5 Å². The minimum Gasteiger partial charge on any atom is -0.497 e. The summed E-state index contributed by atoms with van der Waals surface area (Å²) in [5.41, 5.74) is 2.07. The molecular formula is C10H16N2OS. The zero-order chi connectivity index (χ0) is 10.6. The molecule has 0 heterocycles. The highest BCUT2D eigenvalue weighted by Crippen LogP contribution is 2.34. The van der Waals surface area contributed by atoms with E-state index in [2.05, 4.69) is 18.3 Å². The fourth-order valence-electron chi connectivity index (χ4n) is 1.58. The highest BCUT2D eigenvalue weighted by molar-refractivity contribution is 7.97. The van der Waals surface area contributed by atoms with Crippen LogP contribution < -0.4 is 5.14 Å². The third-order valence-electron chi connectivity index (χ3n) is 2.45. The molecule has 4 heteroatoms.